The molecule has 0 saturated carbocycles. The van der Waals surface area contributed by atoms with Crippen LogP contribution in [-0.2, 0) is 16.6 Å². The normalized spacial score (nSPS) is 12.2. The van der Waals surface area contributed by atoms with E-state index >= 15 is 0 Å². The van der Waals surface area contributed by atoms with E-state index in [0.29, 0.717) is 0 Å². The van der Waals surface area contributed by atoms with Crippen LogP contribution in [0.4, 0.5) is 0 Å². The fourth-order valence-electron chi connectivity index (χ4n) is 1.66. The largest absolute Gasteiger partial charge is 0.481 e. The molecule has 0 aliphatic heterocycles. The van der Waals surface area contributed by atoms with Crippen molar-refractivity contribution in [2.24, 2.45) is 0 Å². The number of aliphatic carboxylic acids is 1. The highest BCUT2D eigenvalue weighted by Crippen LogP contribution is 2.28. The van der Waals surface area contributed by atoms with E-state index < -0.39 is 5.97 Å². The molecule has 0 aliphatic rings. The number of aryl methyl sites for hydroxylation is 1. The van der Waals surface area contributed by atoms with Crippen LogP contribution in [0, 0.1) is 6.92 Å². The van der Waals surface area contributed by atoms with Crippen molar-refractivity contribution in [2.75, 3.05) is 0 Å². The summed E-state index contributed by atoms with van der Waals surface area (Å²) in [5, 5.41) is 8.81. The molecule has 0 fully saturated rings. The summed E-state index contributed by atoms with van der Waals surface area (Å²) < 4.78 is 1.99. The number of imidazole rings is 1. The Bertz CT molecular complexity index is 575. The predicted molar refractivity (Wildman–Crippen MR) is 67.8 cm³/mol. The lowest BCUT2D eigenvalue weighted by Crippen LogP contribution is -2.11. The minimum Gasteiger partial charge on any atom is -0.481 e. The maximum absolute atomic E-state index is 10.7. The third-order valence-corrected chi connectivity index (χ3v) is 3.89. The maximum Gasteiger partial charge on any atom is 0.308 e. The minimum atomic E-state index is -0.798. The lowest BCUT2D eigenvalue weighted by Gasteiger charge is -2.13. The van der Waals surface area contributed by atoms with E-state index in [-0.39, 0.29) is 11.8 Å². The molecule has 2 heterocycles. The molecule has 2 aromatic rings. The molecular weight excluding hydrogens is 236 g/mol. The molecule has 2 rings (SSSR count). The Labute approximate surface area is 104 Å². The third kappa shape index (κ3) is 2.20. The van der Waals surface area contributed by atoms with Crippen LogP contribution in [0.2, 0.25) is 0 Å². The van der Waals surface area contributed by atoms with Crippen LogP contribution in [0.5, 0.6) is 0 Å². The molecule has 0 amide bonds. The molecule has 92 valence electrons. The molecule has 0 unspecified atom stereocenters. The van der Waals surface area contributed by atoms with Crippen molar-refractivity contribution in [3.8, 4) is 0 Å². The average molecular weight is 252 g/mol. The van der Waals surface area contributed by atoms with Crippen molar-refractivity contribution in [3.05, 3.63) is 22.5 Å². The first-order valence-corrected chi connectivity index (χ1v) is 6.30. The van der Waals surface area contributed by atoms with Crippen molar-refractivity contribution in [1.82, 2.24) is 9.38 Å². The SMILES string of the molecule is Cc1c(CC(=O)O)sc2nc(C(C)(C)C)cn12. The Morgan fingerprint density at radius 1 is 1.53 bits per heavy atom. The molecule has 4 nitrogen and oxygen atoms in total. The fourth-order valence-corrected chi connectivity index (χ4v) is 2.75. The zero-order valence-electron chi connectivity index (χ0n) is 10.4. The van der Waals surface area contributed by atoms with Gasteiger partial charge in [-0.15, -0.1) is 11.3 Å². The maximum atomic E-state index is 10.7. The van der Waals surface area contributed by atoms with Gasteiger partial charge in [-0.1, -0.05) is 20.8 Å². The van der Waals surface area contributed by atoms with E-state index in [1.165, 1.54) is 11.3 Å². The highest BCUT2D eigenvalue weighted by atomic mass is 32.1. The zero-order valence-corrected chi connectivity index (χ0v) is 11.3. The summed E-state index contributed by atoms with van der Waals surface area (Å²) in [7, 11) is 0. The molecule has 0 saturated heterocycles. The monoisotopic (exact) mass is 252 g/mol. The van der Waals surface area contributed by atoms with Gasteiger partial charge < -0.3 is 5.11 Å². The Hall–Kier alpha value is -1.36. The second-order valence-electron chi connectivity index (χ2n) is 5.21. The van der Waals surface area contributed by atoms with Crippen molar-refractivity contribution in [1.29, 1.82) is 0 Å². The Morgan fingerprint density at radius 2 is 2.18 bits per heavy atom. The molecule has 17 heavy (non-hydrogen) atoms. The first kappa shape index (κ1) is 12.1. The highest BCUT2D eigenvalue weighted by Gasteiger charge is 2.20. The third-order valence-electron chi connectivity index (χ3n) is 2.73. The van der Waals surface area contributed by atoms with E-state index in [4.69, 9.17) is 5.11 Å². The highest BCUT2D eigenvalue weighted by molar-refractivity contribution is 7.17. The van der Waals surface area contributed by atoms with Crippen LogP contribution in [0.25, 0.3) is 4.96 Å². The lowest BCUT2D eigenvalue weighted by molar-refractivity contribution is -0.136. The number of thiazole rings is 1. The van der Waals surface area contributed by atoms with Crippen LogP contribution < -0.4 is 0 Å². The Balaban J connectivity index is 2.49. The van der Waals surface area contributed by atoms with Gasteiger partial charge in [0.15, 0.2) is 4.96 Å². The molecule has 5 heteroatoms. The summed E-state index contributed by atoms with van der Waals surface area (Å²) in [4.78, 5) is 17.0. The average Bonchev–Trinajstić information content (AvgIpc) is 2.67. The summed E-state index contributed by atoms with van der Waals surface area (Å²) in [6, 6.07) is 0. The number of hydrogen-bond acceptors (Lipinski definition) is 3. The van der Waals surface area contributed by atoms with Crippen molar-refractivity contribution < 1.29 is 9.90 Å². The van der Waals surface area contributed by atoms with Crippen LogP contribution >= 0.6 is 11.3 Å². The van der Waals surface area contributed by atoms with Gasteiger partial charge >= 0.3 is 5.97 Å². The molecule has 0 radical (unpaired) electrons. The molecule has 0 aromatic carbocycles. The molecular formula is C12H16N2O2S. The second-order valence-corrected chi connectivity index (χ2v) is 6.27. The topological polar surface area (TPSA) is 54.6 Å². The van der Waals surface area contributed by atoms with Crippen LogP contribution in [-0.4, -0.2) is 20.5 Å². The van der Waals surface area contributed by atoms with Crippen LogP contribution in [0.15, 0.2) is 6.20 Å². The van der Waals surface area contributed by atoms with E-state index in [1.54, 1.807) is 0 Å². The number of hydrogen-bond donors (Lipinski definition) is 1. The quantitative estimate of drug-likeness (QED) is 0.894. The van der Waals surface area contributed by atoms with Gasteiger partial charge in [-0.05, 0) is 6.92 Å². The summed E-state index contributed by atoms with van der Waals surface area (Å²) >= 11 is 1.46. The van der Waals surface area contributed by atoms with Gasteiger partial charge in [-0.2, -0.15) is 0 Å². The molecule has 2 aromatic heterocycles. The molecule has 0 aliphatic carbocycles. The van der Waals surface area contributed by atoms with Crippen LogP contribution in [0.3, 0.4) is 0 Å². The van der Waals surface area contributed by atoms with Gasteiger partial charge in [0.25, 0.3) is 0 Å². The van der Waals surface area contributed by atoms with Crippen molar-refractivity contribution in [2.45, 2.75) is 39.5 Å². The lowest BCUT2D eigenvalue weighted by atomic mass is 9.93. The van der Waals surface area contributed by atoms with E-state index in [2.05, 4.69) is 25.8 Å². The van der Waals surface area contributed by atoms with E-state index in [1.807, 2.05) is 17.5 Å². The van der Waals surface area contributed by atoms with Gasteiger partial charge in [0.1, 0.15) is 0 Å². The fraction of sp³-hybridized carbons (Fsp3) is 0.500. The van der Waals surface area contributed by atoms with Gasteiger partial charge in [0.2, 0.25) is 0 Å². The number of carbonyl (C=O) groups is 1. The smallest absolute Gasteiger partial charge is 0.308 e. The first-order chi connectivity index (χ1) is 7.79. The van der Waals surface area contributed by atoms with Gasteiger partial charge in [0, 0.05) is 22.2 Å². The summed E-state index contributed by atoms with van der Waals surface area (Å²) in [5.74, 6) is -0.798. The molecule has 1 N–H and O–H groups in total. The number of nitrogens with zero attached hydrogens (tertiary/aromatic N) is 2. The Morgan fingerprint density at radius 3 is 2.65 bits per heavy atom. The standard InChI is InChI=1S/C12H16N2O2S/c1-7-8(5-10(15)16)17-11-13-9(6-14(7)11)12(2,3)4/h6H,5H2,1-4H3,(H,15,16). The summed E-state index contributed by atoms with van der Waals surface area (Å²) in [6.45, 7) is 8.29. The number of carboxylic acid groups (broad SMARTS) is 1. The molecule has 0 bridgehead atoms. The molecule has 0 spiro atoms. The van der Waals surface area contributed by atoms with Gasteiger partial charge in [-0.3, -0.25) is 9.20 Å². The number of fused-ring (bicyclic) bond motifs is 1. The number of carboxylic acids is 1. The minimum absolute atomic E-state index is 0.0190. The second kappa shape index (κ2) is 3.84. The Kier molecular flexibility index (Phi) is 2.73. The van der Waals surface area contributed by atoms with Crippen molar-refractivity contribution in [3.63, 3.8) is 0 Å². The summed E-state index contributed by atoms with van der Waals surface area (Å²) in [6.07, 6.45) is 2.08. The van der Waals surface area contributed by atoms with E-state index in [0.717, 1.165) is 21.2 Å². The number of aromatic nitrogens is 2. The number of rotatable bonds is 2. The predicted octanol–water partition coefficient (Wildman–Crippen LogP) is 2.63. The molecule has 0 atom stereocenters. The van der Waals surface area contributed by atoms with Crippen molar-refractivity contribution >= 4 is 22.3 Å². The van der Waals surface area contributed by atoms with Gasteiger partial charge in [0.05, 0.1) is 12.1 Å². The van der Waals surface area contributed by atoms with Gasteiger partial charge in [-0.25, -0.2) is 4.98 Å². The first-order valence-electron chi connectivity index (χ1n) is 5.48. The van der Waals surface area contributed by atoms with Crippen LogP contribution in [0.1, 0.15) is 37.0 Å². The zero-order chi connectivity index (χ0) is 12.8. The summed E-state index contributed by atoms with van der Waals surface area (Å²) in [5.41, 5.74) is 2.04. The van der Waals surface area contributed by atoms with E-state index in [9.17, 15) is 4.79 Å².